The molecule has 0 aliphatic carbocycles. The zero-order valence-electron chi connectivity index (χ0n) is 12.8. The topological polar surface area (TPSA) is 81.9 Å². The van der Waals surface area contributed by atoms with Crippen molar-refractivity contribution in [2.45, 2.75) is 12.8 Å². The van der Waals surface area contributed by atoms with E-state index in [2.05, 4.69) is 0 Å². The number of nitrogens with two attached hydrogens (primary N) is 1. The van der Waals surface area contributed by atoms with Crippen molar-refractivity contribution in [3.63, 3.8) is 0 Å². The van der Waals surface area contributed by atoms with Gasteiger partial charge in [-0.15, -0.1) is 0 Å². The fraction of sp³-hybridized carbons (Fsp3) is 0.500. The van der Waals surface area contributed by atoms with Crippen LogP contribution in [0.25, 0.3) is 0 Å². The van der Waals surface area contributed by atoms with Gasteiger partial charge in [-0.3, -0.25) is 9.59 Å². The second-order valence-electron chi connectivity index (χ2n) is 5.34. The summed E-state index contributed by atoms with van der Waals surface area (Å²) >= 11 is 0. The van der Waals surface area contributed by atoms with E-state index in [0.717, 1.165) is 0 Å². The molecule has 1 fully saturated rings. The van der Waals surface area contributed by atoms with Gasteiger partial charge in [-0.1, -0.05) is 6.07 Å². The lowest BCUT2D eigenvalue weighted by atomic mass is 9.96. The Morgan fingerprint density at radius 1 is 1.27 bits per heavy atom. The van der Waals surface area contributed by atoms with E-state index in [1.807, 2.05) is 6.07 Å². The summed E-state index contributed by atoms with van der Waals surface area (Å²) in [5.41, 5.74) is 5.90. The van der Waals surface area contributed by atoms with Crippen LogP contribution in [-0.4, -0.2) is 50.1 Å². The molecule has 0 radical (unpaired) electrons. The van der Waals surface area contributed by atoms with E-state index in [1.165, 1.54) is 0 Å². The van der Waals surface area contributed by atoms with Crippen LogP contribution in [0, 0.1) is 5.92 Å². The minimum absolute atomic E-state index is 0.0416. The Morgan fingerprint density at radius 3 is 2.64 bits per heavy atom. The molecule has 120 valence electrons. The van der Waals surface area contributed by atoms with Crippen LogP contribution in [0.2, 0.25) is 0 Å². The number of methoxy groups -OCH3 is 1. The predicted octanol–water partition coefficient (Wildman–Crippen LogP) is 1.05. The first-order valence-electron chi connectivity index (χ1n) is 7.42. The van der Waals surface area contributed by atoms with Crippen molar-refractivity contribution in [3.8, 4) is 5.75 Å². The Labute approximate surface area is 130 Å². The van der Waals surface area contributed by atoms with Gasteiger partial charge in [0.1, 0.15) is 12.4 Å². The highest BCUT2D eigenvalue weighted by molar-refractivity contribution is 5.94. The highest BCUT2D eigenvalue weighted by atomic mass is 16.5. The summed E-state index contributed by atoms with van der Waals surface area (Å²) in [6.07, 6.45) is 1.26. The highest BCUT2D eigenvalue weighted by Gasteiger charge is 2.26. The number of piperidine rings is 1. The standard InChI is InChI=1S/C16H22N2O4/c1-21-9-10-22-14-4-2-3-13(11-14)16(20)18-7-5-12(6-8-18)15(17)19/h2-4,11-12H,5-10H2,1H3,(H2,17,19). The van der Waals surface area contributed by atoms with Crippen LogP contribution in [0.5, 0.6) is 5.75 Å². The number of primary amides is 1. The molecule has 0 aromatic heterocycles. The quantitative estimate of drug-likeness (QED) is 0.796. The largest absolute Gasteiger partial charge is 0.491 e. The summed E-state index contributed by atoms with van der Waals surface area (Å²) in [6, 6.07) is 7.11. The molecule has 0 saturated carbocycles. The van der Waals surface area contributed by atoms with Crippen LogP contribution in [0.3, 0.4) is 0 Å². The van der Waals surface area contributed by atoms with Gasteiger partial charge in [0.25, 0.3) is 5.91 Å². The molecular weight excluding hydrogens is 284 g/mol. The first-order valence-corrected chi connectivity index (χ1v) is 7.42. The summed E-state index contributed by atoms with van der Waals surface area (Å²) in [5, 5.41) is 0. The van der Waals surface area contributed by atoms with Crippen LogP contribution in [-0.2, 0) is 9.53 Å². The number of hydrogen-bond donors (Lipinski definition) is 1. The van der Waals surface area contributed by atoms with Gasteiger partial charge >= 0.3 is 0 Å². The van der Waals surface area contributed by atoms with Gasteiger partial charge < -0.3 is 20.1 Å². The molecule has 1 saturated heterocycles. The Hall–Kier alpha value is -2.08. The molecule has 2 rings (SSSR count). The molecule has 1 aromatic rings. The van der Waals surface area contributed by atoms with Gasteiger partial charge in [0, 0.05) is 31.7 Å². The van der Waals surface area contributed by atoms with Gasteiger partial charge in [0.15, 0.2) is 0 Å². The first-order chi connectivity index (χ1) is 10.6. The second-order valence-corrected chi connectivity index (χ2v) is 5.34. The average molecular weight is 306 g/mol. The van der Waals surface area contributed by atoms with E-state index in [9.17, 15) is 9.59 Å². The summed E-state index contributed by atoms with van der Waals surface area (Å²) in [5.74, 6) is 0.212. The van der Waals surface area contributed by atoms with Gasteiger partial charge in [-0.05, 0) is 31.0 Å². The van der Waals surface area contributed by atoms with Crippen molar-refractivity contribution >= 4 is 11.8 Å². The summed E-state index contributed by atoms with van der Waals surface area (Å²) in [4.78, 5) is 25.4. The number of likely N-dealkylation sites (tertiary alicyclic amines) is 1. The zero-order chi connectivity index (χ0) is 15.9. The van der Waals surface area contributed by atoms with Crippen LogP contribution >= 0.6 is 0 Å². The van der Waals surface area contributed by atoms with E-state index in [-0.39, 0.29) is 17.7 Å². The molecule has 0 atom stereocenters. The monoisotopic (exact) mass is 306 g/mol. The maximum atomic E-state index is 12.5. The molecule has 1 aromatic carbocycles. The Bertz CT molecular complexity index is 525. The van der Waals surface area contributed by atoms with Crippen LogP contribution in [0.15, 0.2) is 24.3 Å². The third-order valence-corrected chi connectivity index (χ3v) is 3.82. The maximum Gasteiger partial charge on any atom is 0.253 e. The van der Waals surface area contributed by atoms with Crippen LogP contribution < -0.4 is 10.5 Å². The third kappa shape index (κ3) is 4.21. The van der Waals surface area contributed by atoms with Crippen LogP contribution in [0.4, 0.5) is 0 Å². The minimum Gasteiger partial charge on any atom is -0.491 e. The lowest BCUT2D eigenvalue weighted by molar-refractivity contribution is -0.123. The molecule has 6 heteroatoms. The molecule has 0 unspecified atom stereocenters. The van der Waals surface area contributed by atoms with Crippen molar-refractivity contribution in [1.29, 1.82) is 0 Å². The zero-order valence-corrected chi connectivity index (χ0v) is 12.8. The summed E-state index contributed by atoms with van der Waals surface area (Å²) in [7, 11) is 1.61. The molecule has 6 nitrogen and oxygen atoms in total. The lowest BCUT2D eigenvalue weighted by Crippen LogP contribution is -2.41. The number of nitrogens with zero attached hydrogens (tertiary/aromatic N) is 1. The van der Waals surface area contributed by atoms with Crippen molar-refractivity contribution < 1.29 is 19.1 Å². The van der Waals surface area contributed by atoms with Gasteiger partial charge in [-0.25, -0.2) is 0 Å². The molecule has 1 aliphatic rings. The van der Waals surface area contributed by atoms with E-state index in [4.69, 9.17) is 15.2 Å². The van der Waals surface area contributed by atoms with E-state index >= 15 is 0 Å². The molecule has 2 N–H and O–H groups in total. The number of hydrogen-bond acceptors (Lipinski definition) is 4. The lowest BCUT2D eigenvalue weighted by Gasteiger charge is -2.30. The predicted molar refractivity (Wildman–Crippen MR) is 81.6 cm³/mol. The highest BCUT2D eigenvalue weighted by Crippen LogP contribution is 2.20. The first kappa shape index (κ1) is 16.3. The average Bonchev–Trinajstić information content (AvgIpc) is 2.55. The van der Waals surface area contributed by atoms with Gasteiger partial charge in [0.05, 0.1) is 6.61 Å². The van der Waals surface area contributed by atoms with Crippen molar-refractivity contribution in [2.24, 2.45) is 11.7 Å². The molecule has 1 aliphatic heterocycles. The SMILES string of the molecule is COCCOc1cccc(C(=O)N2CCC(C(N)=O)CC2)c1. The third-order valence-electron chi connectivity index (χ3n) is 3.82. The van der Waals surface area contributed by atoms with E-state index < -0.39 is 0 Å². The fourth-order valence-corrected chi connectivity index (χ4v) is 2.51. The molecule has 22 heavy (non-hydrogen) atoms. The molecule has 1 heterocycles. The van der Waals surface area contributed by atoms with E-state index in [1.54, 1.807) is 30.2 Å². The normalized spacial score (nSPS) is 15.6. The van der Waals surface area contributed by atoms with Crippen molar-refractivity contribution in [2.75, 3.05) is 33.4 Å². The second kappa shape index (κ2) is 7.79. The summed E-state index contributed by atoms with van der Waals surface area (Å²) in [6.45, 7) is 2.05. The number of carbonyl (C=O) groups is 2. The Morgan fingerprint density at radius 2 is 2.00 bits per heavy atom. The molecular formula is C16H22N2O4. The number of rotatable bonds is 6. The number of ether oxygens (including phenoxy) is 2. The minimum atomic E-state index is -0.277. The molecule has 0 bridgehead atoms. The van der Waals surface area contributed by atoms with E-state index in [0.29, 0.717) is 50.5 Å². The summed E-state index contributed by atoms with van der Waals surface area (Å²) < 4.78 is 10.4. The van der Waals surface area contributed by atoms with Crippen molar-refractivity contribution in [3.05, 3.63) is 29.8 Å². The number of amides is 2. The number of benzene rings is 1. The molecule has 0 spiro atoms. The Kier molecular flexibility index (Phi) is 5.77. The van der Waals surface area contributed by atoms with Crippen LogP contribution in [0.1, 0.15) is 23.2 Å². The Balaban J connectivity index is 1.95. The van der Waals surface area contributed by atoms with Gasteiger partial charge in [-0.2, -0.15) is 0 Å². The van der Waals surface area contributed by atoms with Crippen molar-refractivity contribution in [1.82, 2.24) is 4.90 Å². The fourth-order valence-electron chi connectivity index (χ4n) is 2.51. The maximum absolute atomic E-state index is 12.5. The number of carbonyl (C=O) groups excluding carboxylic acids is 2. The van der Waals surface area contributed by atoms with Gasteiger partial charge in [0.2, 0.25) is 5.91 Å². The molecule has 2 amide bonds. The smallest absolute Gasteiger partial charge is 0.253 e.